The molecule has 0 radical (unpaired) electrons. The Labute approximate surface area is 157 Å². The summed E-state index contributed by atoms with van der Waals surface area (Å²) in [6.45, 7) is -0.180. The van der Waals surface area contributed by atoms with E-state index in [4.69, 9.17) is 9.15 Å². The average Bonchev–Trinajstić information content (AvgIpc) is 3.14. The van der Waals surface area contributed by atoms with Crippen molar-refractivity contribution >= 4 is 11.8 Å². The molecular weight excluding hydrogens is 377 g/mol. The molecule has 28 heavy (non-hydrogen) atoms. The fraction of sp³-hybridized carbons (Fsp3) is 0.222. The monoisotopic (exact) mass is 392 g/mol. The van der Waals surface area contributed by atoms with Gasteiger partial charge in [0.2, 0.25) is 5.89 Å². The molecule has 0 unspecified atom stereocenters. The van der Waals surface area contributed by atoms with Crippen molar-refractivity contribution in [1.82, 2.24) is 15.2 Å². The quantitative estimate of drug-likeness (QED) is 0.614. The predicted molar refractivity (Wildman–Crippen MR) is 92.4 cm³/mol. The number of ether oxygens (including phenoxy) is 1. The molecule has 7 nitrogen and oxygen atoms in total. The van der Waals surface area contributed by atoms with Crippen molar-refractivity contribution < 1.29 is 27.1 Å². The molecule has 3 aromatic rings. The lowest BCUT2D eigenvalue weighted by Crippen LogP contribution is -2.14. The lowest BCUT2D eigenvalue weighted by atomic mass is 10.1. The maximum Gasteiger partial charge on any atom is 0.416 e. The summed E-state index contributed by atoms with van der Waals surface area (Å²) in [6, 6.07) is 7.51. The number of benzene rings is 1. The third kappa shape index (κ3) is 4.45. The van der Waals surface area contributed by atoms with Crippen LogP contribution in [0.25, 0.3) is 11.5 Å². The van der Waals surface area contributed by atoms with E-state index in [-0.39, 0.29) is 18.2 Å². The van der Waals surface area contributed by atoms with E-state index in [2.05, 4.69) is 15.2 Å². The second-order valence-electron chi connectivity index (χ2n) is 5.97. The summed E-state index contributed by atoms with van der Waals surface area (Å²) in [6.07, 6.45) is -3.15. The van der Waals surface area contributed by atoms with Gasteiger partial charge in [-0.15, -0.1) is 10.2 Å². The molecule has 0 spiro atoms. The van der Waals surface area contributed by atoms with Gasteiger partial charge in [-0.05, 0) is 36.4 Å². The van der Waals surface area contributed by atoms with Crippen molar-refractivity contribution in [2.45, 2.75) is 12.8 Å². The van der Waals surface area contributed by atoms with E-state index in [1.54, 1.807) is 25.1 Å². The van der Waals surface area contributed by atoms with Crippen molar-refractivity contribution in [2.24, 2.45) is 0 Å². The van der Waals surface area contributed by atoms with Gasteiger partial charge in [-0.2, -0.15) is 13.2 Å². The largest absolute Gasteiger partial charge is 0.454 e. The number of hydrogen-bond donors (Lipinski definition) is 0. The summed E-state index contributed by atoms with van der Waals surface area (Å²) in [5.41, 5.74) is -0.0488. The fourth-order valence-electron chi connectivity index (χ4n) is 2.19. The first-order chi connectivity index (χ1) is 13.2. The topological polar surface area (TPSA) is 81.4 Å². The lowest BCUT2D eigenvalue weighted by molar-refractivity contribution is -0.137. The van der Waals surface area contributed by atoms with Crippen molar-refractivity contribution in [3.63, 3.8) is 0 Å². The lowest BCUT2D eigenvalue weighted by Gasteiger charge is -2.09. The molecule has 0 saturated heterocycles. The van der Waals surface area contributed by atoms with Crippen molar-refractivity contribution in [3.05, 3.63) is 59.6 Å². The first-order valence-corrected chi connectivity index (χ1v) is 8.04. The number of halogens is 3. The minimum atomic E-state index is -4.41. The van der Waals surface area contributed by atoms with Gasteiger partial charge < -0.3 is 14.1 Å². The average molecular weight is 392 g/mol. The highest BCUT2D eigenvalue weighted by Gasteiger charge is 2.30. The van der Waals surface area contributed by atoms with Gasteiger partial charge in [0.05, 0.1) is 5.56 Å². The number of alkyl halides is 3. The first kappa shape index (κ1) is 19.3. The number of oxazole rings is 1. The molecule has 0 aliphatic heterocycles. The van der Waals surface area contributed by atoms with Crippen LogP contribution in [-0.2, 0) is 17.5 Å². The van der Waals surface area contributed by atoms with E-state index < -0.39 is 17.7 Å². The number of aromatic nitrogens is 3. The SMILES string of the molecule is CN(C)c1ccc(C(=O)OCc2coc(-c3ccc(C(F)(F)F)cc3)n2)nn1. The van der Waals surface area contributed by atoms with Gasteiger partial charge in [0.25, 0.3) is 0 Å². The van der Waals surface area contributed by atoms with E-state index in [0.29, 0.717) is 17.1 Å². The number of nitrogens with zero attached hydrogens (tertiary/aromatic N) is 4. The summed E-state index contributed by atoms with van der Waals surface area (Å²) in [7, 11) is 3.58. The first-order valence-electron chi connectivity index (χ1n) is 8.04. The highest BCUT2D eigenvalue weighted by molar-refractivity contribution is 5.87. The Kier molecular flexibility index (Phi) is 5.30. The van der Waals surface area contributed by atoms with Gasteiger partial charge in [0, 0.05) is 19.7 Å². The molecule has 146 valence electrons. The molecule has 0 bridgehead atoms. The van der Waals surface area contributed by atoms with Gasteiger partial charge in [-0.25, -0.2) is 9.78 Å². The molecular formula is C18H15F3N4O3. The molecule has 0 saturated carbocycles. The summed E-state index contributed by atoms with van der Waals surface area (Å²) in [5.74, 6) is 0.0287. The number of carbonyl (C=O) groups excluding carboxylic acids is 1. The van der Waals surface area contributed by atoms with Crippen molar-refractivity contribution in [1.29, 1.82) is 0 Å². The zero-order valence-electron chi connectivity index (χ0n) is 14.9. The molecule has 10 heteroatoms. The molecule has 0 atom stereocenters. The number of rotatable bonds is 5. The van der Waals surface area contributed by atoms with Crippen molar-refractivity contribution in [2.75, 3.05) is 19.0 Å². The number of carbonyl (C=O) groups is 1. The zero-order valence-corrected chi connectivity index (χ0v) is 14.9. The second-order valence-corrected chi connectivity index (χ2v) is 5.97. The van der Waals surface area contributed by atoms with E-state index >= 15 is 0 Å². The highest BCUT2D eigenvalue weighted by Crippen LogP contribution is 2.30. The maximum absolute atomic E-state index is 12.6. The second kappa shape index (κ2) is 7.67. The summed E-state index contributed by atoms with van der Waals surface area (Å²) in [5, 5.41) is 7.67. The summed E-state index contributed by atoms with van der Waals surface area (Å²) < 4.78 is 48.2. The Hall–Kier alpha value is -3.43. The predicted octanol–water partition coefficient (Wildman–Crippen LogP) is 3.57. The van der Waals surface area contributed by atoms with E-state index in [9.17, 15) is 18.0 Å². The van der Waals surface area contributed by atoms with Gasteiger partial charge in [-0.3, -0.25) is 0 Å². The Morgan fingerprint density at radius 3 is 2.39 bits per heavy atom. The van der Waals surface area contributed by atoms with Gasteiger partial charge >= 0.3 is 12.1 Å². The van der Waals surface area contributed by atoms with Crippen LogP contribution in [0.4, 0.5) is 19.0 Å². The minimum Gasteiger partial charge on any atom is -0.454 e. The maximum atomic E-state index is 12.6. The van der Waals surface area contributed by atoms with Crippen LogP contribution in [0, 0.1) is 0 Å². The standard InChI is InChI=1S/C18H15F3N4O3/c1-25(2)15-8-7-14(23-24-15)17(26)28-10-13-9-27-16(22-13)11-3-5-12(6-4-11)18(19,20)21/h3-9H,10H2,1-2H3. The van der Waals surface area contributed by atoms with Crippen LogP contribution >= 0.6 is 0 Å². The van der Waals surface area contributed by atoms with Gasteiger partial charge in [0.1, 0.15) is 18.6 Å². The normalized spacial score (nSPS) is 11.3. The van der Waals surface area contributed by atoms with Crippen LogP contribution in [0.5, 0.6) is 0 Å². The Balaban J connectivity index is 1.62. The Morgan fingerprint density at radius 2 is 1.82 bits per heavy atom. The van der Waals surface area contributed by atoms with Crippen LogP contribution in [0.15, 0.2) is 47.1 Å². The molecule has 0 aliphatic carbocycles. The van der Waals surface area contributed by atoms with Crippen LogP contribution in [-0.4, -0.2) is 35.2 Å². The molecule has 0 N–H and O–H groups in total. The Morgan fingerprint density at radius 1 is 1.11 bits per heavy atom. The third-order valence-corrected chi connectivity index (χ3v) is 3.68. The number of hydrogen-bond acceptors (Lipinski definition) is 7. The molecule has 0 amide bonds. The van der Waals surface area contributed by atoms with Gasteiger partial charge in [0.15, 0.2) is 11.5 Å². The molecule has 0 fully saturated rings. The molecule has 3 rings (SSSR count). The van der Waals surface area contributed by atoms with Crippen LogP contribution in [0.3, 0.4) is 0 Å². The third-order valence-electron chi connectivity index (χ3n) is 3.68. The summed E-state index contributed by atoms with van der Waals surface area (Å²) >= 11 is 0. The molecule has 2 heterocycles. The summed E-state index contributed by atoms with van der Waals surface area (Å²) in [4.78, 5) is 17.8. The van der Waals surface area contributed by atoms with Crippen molar-refractivity contribution in [3.8, 4) is 11.5 Å². The van der Waals surface area contributed by atoms with E-state index in [1.165, 1.54) is 24.5 Å². The van der Waals surface area contributed by atoms with E-state index in [0.717, 1.165) is 12.1 Å². The fourth-order valence-corrected chi connectivity index (χ4v) is 2.19. The Bertz CT molecular complexity index is 951. The smallest absolute Gasteiger partial charge is 0.416 e. The zero-order chi connectivity index (χ0) is 20.3. The van der Waals surface area contributed by atoms with Crippen LogP contribution in [0.1, 0.15) is 21.7 Å². The van der Waals surface area contributed by atoms with Crippen LogP contribution in [0.2, 0.25) is 0 Å². The van der Waals surface area contributed by atoms with Crippen LogP contribution < -0.4 is 4.90 Å². The minimum absolute atomic E-state index is 0.0389. The molecule has 1 aromatic carbocycles. The number of esters is 1. The van der Waals surface area contributed by atoms with E-state index in [1.807, 2.05) is 0 Å². The van der Waals surface area contributed by atoms with Gasteiger partial charge in [-0.1, -0.05) is 0 Å². The highest BCUT2D eigenvalue weighted by atomic mass is 19.4. The molecule has 2 aromatic heterocycles. The number of anilines is 1. The molecule has 0 aliphatic rings.